The van der Waals surface area contributed by atoms with Crippen molar-refractivity contribution in [3.05, 3.63) is 107 Å². The number of para-hydroxylation sites is 1. The molecule has 1 aliphatic heterocycles. The summed E-state index contributed by atoms with van der Waals surface area (Å²) in [5.74, 6) is -0.388. The van der Waals surface area contributed by atoms with Crippen LogP contribution in [0.1, 0.15) is 51.3 Å². The zero-order chi connectivity index (χ0) is 28.0. The number of carbonyl (C=O) groups is 2. The molecule has 3 rings (SSSR count). The highest BCUT2D eigenvalue weighted by molar-refractivity contribution is 8.06. The lowest BCUT2D eigenvalue weighted by Gasteiger charge is -2.19. The SMILES string of the molecule is C=C1SC=C(C(=O)OCC)N1/C=C(\C)c1ccccc1C.C=CC(=Nc1ccccc1C)C(C)=O.CC. The normalized spacial score (nSPS) is 13.0. The highest BCUT2D eigenvalue weighted by Crippen LogP contribution is 2.35. The smallest absolute Gasteiger partial charge is 0.355 e. The van der Waals surface area contributed by atoms with Crippen LogP contribution in [-0.2, 0) is 14.3 Å². The molecule has 37 heavy (non-hydrogen) atoms. The van der Waals surface area contributed by atoms with E-state index in [-0.39, 0.29) is 11.8 Å². The number of ether oxygens (including phenoxy) is 1. The molecule has 0 saturated carbocycles. The van der Waals surface area contributed by atoms with E-state index in [0.29, 0.717) is 18.0 Å². The summed E-state index contributed by atoms with van der Waals surface area (Å²) in [6, 6.07) is 15.8. The van der Waals surface area contributed by atoms with Crippen LogP contribution in [0.25, 0.3) is 5.57 Å². The molecule has 5 nitrogen and oxygen atoms in total. The van der Waals surface area contributed by atoms with Gasteiger partial charge in [0.2, 0.25) is 0 Å². The highest BCUT2D eigenvalue weighted by Gasteiger charge is 2.25. The van der Waals surface area contributed by atoms with Crippen LogP contribution < -0.4 is 0 Å². The van der Waals surface area contributed by atoms with Gasteiger partial charge in [-0.3, -0.25) is 4.79 Å². The molecule has 0 unspecified atom stereocenters. The number of rotatable bonds is 7. The Bertz CT molecular complexity index is 1210. The molecule has 0 N–H and O–H groups in total. The molecule has 1 heterocycles. The van der Waals surface area contributed by atoms with Crippen molar-refractivity contribution in [2.45, 2.75) is 48.5 Å². The summed E-state index contributed by atoms with van der Waals surface area (Å²) in [4.78, 5) is 29.1. The number of aliphatic imine (C=N–C) groups is 1. The van der Waals surface area contributed by atoms with E-state index in [9.17, 15) is 9.59 Å². The fourth-order valence-corrected chi connectivity index (χ4v) is 3.95. The first-order chi connectivity index (χ1) is 17.7. The quantitative estimate of drug-likeness (QED) is 0.273. The number of nitrogens with zero attached hydrogens (tertiary/aromatic N) is 2. The van der Waals surface area contributed by atoms with Crippen LogP contribution in [-0.4, -0.2) is 29.0 Å². The monoisotopic (exact) mass is 518 g/mol. The molecule has 2 aromatic rings. The Morgan fingerprint density at radius 2 is 1.62 bits per heavy atom. The van der Waals surface area contributed by atoms with Crippen molar-refractivity contribution >= 4 is 40.5 Å². The average molecular weight is 519 g/mol. The van der Waals surface area contributed by atoms with Crippen LogP contribution >= 0.6 is 11.8 Å². The molecule has 0 bridgehead atoms. The second-order valence-corrected chi connectivity index (χ2v) is 8.72. The second-order valence-electron chi connectivity index (χ2n) is 7.78. The van der Waals surface area contributed by atoms with Gasteiger partial charge in [0.15, 0.2) is 5.78 Å². The van der Waals surface area contributed by atoms with Gasteiger partial charge in [0.05, 0.1) is 17.3 Å². The van der Waals surface area contributed by atoms with Crippen LogP contribution in [0.15, 0.2) is 95.1 Å². The third kappa shape index (κ3) is 9.39. The first kappa shape index (κ1) is 31.4. The minimum Gasteiger partial charge on any atom is -0.461 e. The lowest BCUT2D eigenvalue weighted by Crippen LogP contribution is -2.19. The molecule has 0 fully saturated rings. The Hall–Kier alpha value is -3.64. The van der Waals surface area contributed by atoms with Crippen molar-refractivity contribution in [2.75, 3.05) is 6.61 Å². The molecule has 0 saturated heterocycles. The van der Waals surface area contributed by atoms with Crippen LogP contribution in [0, 0.1) is 13.8 Å². The van der Waals surface area contributed by atoms with Gasteiger partial charge in [0, 0.05) is 18.5 Å². The van der Waals surface area contributed by atoms with Gasteiger partial charge in [-0.15, -0.1) is 0 Å². The molecule has 6 heteroatoms. The molecule has 0 atom stereocenters. The van der Waals surface area contributed by atoms with Gasteiger partial charge in [-0.2, -0.15) is 0 Å². The number of thioether (sulfide) groups is 1. The Labute approximate surface area is 226 Å². The topological polar surface area (TPSA) is 59.0 Å². The van der Waals surface area contributed by atoms with E-state index in [4.69, 9.17) is 4.74 Å². The highest BCUT2D eigenvalue weighted by atomic mass is 32.2. The van der Waals surface area contributed by atoms with E-state index in [1.165, 1.54) is 30.3 Å². The molecule has 1 aliphatic rings. The maximum absolute atomic E-state index is 12.0. The minimum atomic E-state index is -0.322. The molecule has 196 valence electrons. The number of aryl methyl sites for hydroxylation is 2. The molecule has 0 radical (unpaired) electrons. The molecule has 0 aromatic heterocycles. The van der Waals surface area contributed by atoms with Gasteiger partial charge in [0.25, 0.3) is 0 Å². The van der Waals surface area contributed by atoms with Crippen molar-refractivity contribution in [2.24, 2.45) is 4.99 Å². The van der Waals surface area contributed by atoms with Gasteiger partial charge >= 0.3 is 5.97 Å². The molecule has 2 aromatic carbocycles. The molecule has 0 amide bonds. The first-order valence-electron chi connectivity index (χ1n) is 12.2. The number of hydrogen-bond donors (Lipinski definition) is 0. The van der Waals surface area contributed by atoms with E-state index in [1.54, 1.807) is 17.2 Å². The van der Waals surface area contributed by atoms with E-state index in [1.807, 2.05) is 70.3 Å². The summed E-state index contributed by atoms with van der Waals surface area (Å²) >= 11 is 1.43. The summed E-state index contributed by atoms with van der Waals surface area (Å²) in [5.41, 5.74) is 6.22. The van der Waals surface area contributed by atoms with E-state index >= 15 is 0 Å². The summed E-state index contributed by atoms with van der Waals surface area (Å²) in [7, 11) is 0. The third-order valence-corrected chi connectivity index (χ3v) is 5.93. The van der Waals surface area contributed by atoms with Crippen molar-refractivity contribution in [1.82, 2.24) is 4.90 Å². The molecular weight excluding hydrogens is 480 g/mol. The number of Topliss-reactive ketones (excluding diaryl/α,β-unsaturated/α-hetero) is 1. The Morgan fingerprint density at radius 3 is 2.16 bits per heavy atom. The van der Waals surface area contributed by atoms with Crippen molar-refractivity contribution in [3.63, 3.8) is 0 Å². The first-order valence-corrected chi connectivity index (χ1v) is 13.1. The lowest BCUT2D eigenvalue weighted by molar-refractivity contribution is -0.139. The molecule has 0 aliphatic carbocycles. The van der Waals surface area contributed by atoms with Gasteiger partial charge in [-0.25, -0.2) is 9.79 Å². The number of hydrogen-bond acceptors (Lipinski definition) is 6. The maximum Gasteiger partial charge on any atom is 0.355 e. The standard InChI is InChI=1S/C17H19NO2S.C12H13NO.C2H6/c1-5-20-17(19)16-11-21-14(4)18(16)10-13(3)15-9-7-6-8-12(15)2;1-4-11(10(3)14)13-12-8-6-5-7-9(12)2;1-2/h6-11H,4-5H2,1-3H3;4-8H,1H2,2-3H3;1-2H3/b13-10+;;. The fraction of sp³-hybridized carbons (Fsp3) is 0.258. The Morgan fingerprint density at radius 1 is 1.03 bits per heavy atom. The van der Waals surface area contributed by atoms with Crippen molar-refractivity contribution < 1.29 is 14.3 Å². The molecular formula is C31H38N2O3S. The second kappa shape index (κ2) is 16.2. The lowest BCUT2D eigenvalue weighted by atomic mass is 10.0. The molecule has 0 spiro atoms. The fourth-order valence-electron chi connectivity index (χ4n) is 3.23. The maximum atomic E-state index is 12.0. The number of allylic oxidation sites excluding steroid dienone is 2. The number of ketones is 1. The van der Waals surface area contributed by atoms with Crippen LogP contribution in [0.3, 0.4) is 0 Å². The number of benzene rings is 2. The van der Waals surface area contributed by atoms with Crippen LogP contribution in [0.5, 0.6) is 0 Å². The summed E-state index contributed by atoms with van der Waals surface area (Å²) < 4.78 is 5.08. The zero-order valence-electron chi connectivity index (χ0n) is 23.0. The Kier molecular flexibility index (Phi) is 13.7. The summed E-state index contributed by atoms with van der Waals surface area (Å²) in [6.07, 6.45) is 3.42. The predicted molar refractivity (Wildman–Crippen MR) is 159 cm³/mol. The van der Waals surface area contributed by atoms with Crippen LogP contribution in [0.2, 0.25) is 0 Å². The van der Waals surface area contributed by atoms with Gasteiger partial charge in [-0.05, 0) is 62.1 Å². The zero-order valence-corrected chi connectivity index (χ0v) is 23.8. The van der Waals surface area contributed by atoms with Crippen molar-refractivity contribution in [3.8, 4) is 0 Å². The largest absolute Gasteiger partial charge is 0.461 e. The van der Waals surface area contributed by atoms with E-state index in [2.05, 4.69) is 37.2 Å². The third-order valence-electron chi connectivity index (χ3n) is 5.12. The summed E-state index contributed by atoms with van der Waals surface area (Å²) in [5, 5.41) is 2.58. The number of esters is 1. The van der Waals surface area contributed by atoms with Gasteiger partial charge in [0.1, 0.15) is 11.4 Å². The predicted octanol–water partition coefficient (Wildman–Crippen LogP) is 8.15. The van der Waals surface area contributed by atoms with E-state index < -0.39 is 0 Å². The van der Waals surface area contributed by atoms with Gasteiger partial charge < -0.3 is 9.64 Å². The van der Waals surface area contributed by atoms with E-state index in [0.717, 1.165) is 27.4 Å². The van der Waals surface area contributed by atoms with Gasteiger partial charge in [-0.1, -0.05) is 81.2 Å². The van der Waals surface area contributed by atoms with Crippen molar-refractivity contribution in [1.29, 1.82) is 0 Å². The average Bonchev–Trinajstić information content (AvgIpc) is 3.25. The minimum absolute atomic E-state index is 0.0664. The number of carbonyl (C=O) groups excluding carboxylic acids is 2. The summed E-state index contributed by atoms with van der Waals surface area (Å²) in [6.45, 7) is 21.2. The Balaban J connectivity index is 0.000000372. The van der Waals surface area contributed by atoms with Crippen LogP contribution in [0.4, 0.5) is 5.69 Å².